The molecule has 1 amide bonds. The molecule has 0 atom stereocenters. The molecule has 10 heteroatoms. The van der Waals surface area contributed by atoms with Crippen LogP contribution in [-0.4, -0.2) is 68.1 Å². The number of guanidine groups is 1. The van der Waals surface area contributed by atoms with Crippen molar-refractivity contribution in [2.45, 2.75) is 32.4 Å². The molecule has 1 aromatic carbocycles. The van der Waals surface area contributed by atoms with Gasteiger partial charge in [0.25, 0.3) is 0 Å². The number of benzene rings is 1. The second-order valence-corrected chi connectivity index (χ2v) is 6.36. The fourth-order valence-electron chi connectivity index (χ4n) is 2.94. The first-order chi connectivity index (χ1) is 13.6. The molecular weight excluding hydrogens is 491 g/mol. The third-order valence-corrected chi connectivity index (χ3v) is 4.38. The van der Waals surface area contributed by atoms with E-state index in [2.05, 4.69) is 10.3 Å². The van der Waals surface area contributed by atoms with Gasteiger partial charge in [-0.1, -0.05) is 6.07 Å². The van der Waals surface area contributed by atoms with Crippen LogP contribution in [0.3, 0.4) is 0 Å². The lowest BCUT2D eigenvalue weighted by Gasteiger charge is -2.31. The molecule has 0 spiro atoms. The van der Waals surface area contributed by atoms with Gasteiger partial charge in [0.15, 0.2) is 17.5 Å². The number of rotatable bonds is 8. The number of halogens is 1. The number of aliphatic hydroxyl groups excluding tert-OH is 1. The van der Waals surface area contributed by atoms with E-state index in [9.17, 15) is 4.79 Å². The highest BCUT2D eigenvalue weighted by Crippen LogP contribution is 2.28. The molecule has 1 aliphatic heterocycles. The number of nitrogens with two attached hydrogens (primary N) is 1. The van der Waals surface area contributed by atoms with Gasteiger partial charge in [-0.05, 0) is 37.5 Å². The minimum Gasteiger partial charge on any atom is -0.493 e. The van der Waals surface area contributed by atoms with Crippen LogP contribution in [0.5, 0.6) is 11.5 Å². The van der Waals surface area contributed by atoms with Crippen molar-refractivity contribution in [2.24, 2.45) is 10.7 Å². The third-order valence-electron chi connectivity index (χ3n) is 4.38. The van der Waals surface area contributed by atoms with Crippen LogP contribution in [0.2, 0.25) is 0 Å². The van der Waals surface area contributed by atoms with Crippen LogP contribution < -0.4 is 20.5 Å². The number of likely N-dealkylation sites (tertiary alicyclic amines) is 1. The molecule has 1 saturated heterocycles. The molecule has 1 aliphatic rings. The Balaban J connectivity index is 0.00000420. The van der Waals surface area contributed by atoms with E-state index in [0.29, 0.717) is 43.7 Å². The molecule has 0 saturated carbocycles. The summed E-state index contributed by atoms with van der Waals surface area (Å²) in [6, 6.07) is 5.68. The SMILES string of the molecule is CCOC(=O)N1CCC(NC(N)=NCc2ccc(OCCO)c(OC)c2)CC1.I. The average molecular weight is 522 g/mol. The molecule has 1 heterocycles. The van der Waals surface area contributed by atoms with E-state index in [4.69, 9.17) is 25.1 Å². The molecule has 1 fully saturated rings. The molecule has 0 aliphatic carbocycles. The lowest BCUT2D eigenvalue weighted by Crippen LogP contribution is -2.48. The molecule has 0 bridgehead atoms. The second-order valence-electron chi connectivity index (χ2n) is 6.36. The average Bonchev–Trinajstić information content (AvgIpc) is 2.71. The number of hydrogen-bond donors (Lipinski definition) is 3. The number of nitrogens with one attached hydrogen (secondary N) is 1. The summed E-state index contributed by atoms with van der Waals surface area (Å²) in [4.78, 5) is 17.8. The molecule has 1 aromatic rings. The van der Waals surface area contributed by atoms with E-state index in [1.165, 1.54) is 0 Å². The van der Waals surface area contributed by atoms with Crippen LogP contribution in [0.15, 0.2) is 23.2 Å². The van der Waals surface area contributed by atoms with Crippen LogP contribution in [0.1, 0.15) is 25.3 Å². The Morgan fingerprint density at radius 3 is 2.69 bits per heavy atom. The van der Waals surface area contributed by atoms with E-state index in [0.717, 1.165) is 18.4 Å². The zero-order valence-corrected chi connectivity index (χ0v) is 19.3. The van der Waals surface area contributed by atoms with Crippen LogP contribution in [-0.2, 0) is 11.3 Å². The fraction of sp³-hybridized carbons (Fsp3) is 0.579. The highest BCUT2D eigenvalue weighted by Gasteiger charge is 2.23. The van der Waals surface area contributed by atoms with Crippen LogP contribution >= 0.6 is 24.0 Å². The maximum absolute atomic E-state index is 11.7. The Labute approximate surface area is 188 Å². The van der Waals surface area contributed by atoms with E-state index < -0.39 is 0 Å². The molecule has 164 valence electrons. The summed E-state index contributed by atoms with van der Waals surface area (Å²) in [6.45, 7) is 4.00. The number of amides is 1. The fourth-order valence-corrected chi connectivity index (χ4v) is 2.94. The molecule has 9 nitrogen and oxygen atoms in total. The zero-order valence-electron chi connectivity index (χ0n) is 16.9. The number of carbonyl (C=O) groups excluding carboxylic acids is 1. The first kappa shape index (κ1) is 25.1. The first-order valence-corrected chi connectivity index (χ1v) is 9.46. The summed E-state index contributed by atoms with van der Waals surface area (Å²) in [6.07, 6.45) is 1.32. The topological polar surface area (TPSA) is 119 Å². The number of aliphatic hydroxyl groups is 1. The third kappa shape index (κ3) is 8.13. The molecule has 2 rings (SSSR count). The lowest BCUT2D eigenvalue weighted by atomic mass is 10.1. The smallest absolute Gasteiger partial charge is 0.409 e. The Morgan fingerprint density at radius 1 is 1.34 bits per heavy atom. The molecule has 0 radical (unpaired) electrons. The Bertz CT molecular complexity index is 666. The molecule has 4 N–H and O–H groups in total. The number of carbonyl (C=O) groups is 1. The second kappa shape index (κ2) is 13.3. The largest absolute Gasteiger partial charge is 0.493 e. The number of hydrogen-bond acceptors (Lipinski definition) is 6. The number of methoxy groups -OCH3 is 1. The maximum atomic E-state index is 11.7. The van der Waals surface area contributed by atoms with E-state index >= 15 is 0 Å². The van der Waals surface area contributed by atoms with Crippen molar-refractivity contribution in [1.82, 2.24) is 10.2 Å². The van der Waals surface area contributed by atoms with Gasteiger partial charge in [-0.2, -0.15) is 0 Å². The van der Waals surface area contributed by atoms with Crippen molar-refractivity contribution in [3.63, 3.8) is 0 Å². The standard InChI is InChI=1S/C19H30N4O5.HI/c1-3-27-19(25)23-8-6-15(7-9-23)22-18(20)21-13-14-4-5-16(28-11-10-24)17(12-14)26-2;/h4-5,12,15,24H,3,6-11,13H2,1-2H3,(H3,20,21,22);1H. The number of piperidine rings is 1. The van der Waals surface area contributed by atoms with Gasteiger partial charge < -0.3 is 35.3 Å². The molecule has 29 heavy (non-hydrogen) atoms. The van der Waals surface area contributed by atoms with Crippen LogP contribution in [0, 0.1) is 0 Å². The van der Waals surface area contributed by atoms with Gasteiger partial charge in [-0.15, -0.1) is 24.0 Å². The zero-order chi connectivity index (χ0) is 20.4. The Kier molecular flexibility index (Phi) is 11.5. The normalized spacial score (nSPS) is 14.7. The molecule has 0 unspecified atom stereocenters. The van der Waals surface area contributed by atoms with Gasteiger partial charge in [-0.25, -0.2) is 9.79 Å². The monoisotopic (exact) mass is 522 g/mol. The van der Waals surface area contributed by atoms with Crippen molar-refractivity contribution in [3.05, 3.63) is 23.8 Å². The van der Waals surface area contributed by atoms with E-state index in [-0.39, 0.29) is 49.3 Å². The summed E-state index contributed by atoms with van der Waals surface area (Å²) in [5.41, 5.74) is 6.94. The first-order valence-electron chi connectivity index (χ1n) is 9.46. The molecular formula is C19H31IN4O5. The van der Waals surface area contributed by atoms with Gasteiger partial charge in [0.2, 0.25) is 0 Å². The van der Waals surface area contributed by atoms with Crippen molar-refractivity contribution in [2.75, 3.05) is 40.0 Å². The van der Waals surface area contributed by atoms with E-state index in [1.807, 2.05) is 12.1 Å². The summed E-state index contributed by atoms with van der Waals surface area (Å²) in [5, 5.41) is 12.1. The van der Waals surface area contributed by atoms with Crippen molar-refractivity contribution in [3.8, 4) is 11.5 Å². The van der Waals surface area contributed by atoms with E-state index in [1.54, 1.807) is 25.0 Å². The summed E-state index contributed by atoms with van der Waals surface area (Å²) < 4.78 is 15.7. The summed E-state index contributed by atoms with van der Waals surface area (Å²) >= 11 is 0. The Morgan fingerprint density at radius 2 is 2.07 bits per heavy atom. The maximum Gasteiger partial charge on any atom is 0.409 e. The minimum atomic E-state index is -0.261. The highest BCUT2D eigenvalue weighted by molar-refractivity contribution is 14.0. The van der Waals surface area contributed by atoms with Crippen LogP contribution in [0.25, 0.3) is 0 Å². The van der Waals surface area contributed by atoms with Crippen molar-refractivity contribution >= 4 is 36.0 Å². The van der Waals surface area contributed by atoms with Crippen LogP contribution in [0.4, 0.5) is 4.79 Å². The van der Waals surface area contributed by atoms with Gasteiger partial charge in [0.05, 0.1) is 26.9 Å². The molecule has 0 aromatic heterocycles. The quantitative estimate of drug-likeness (QED) is 0.270. The van der Waals surface area contributed by atoms with Gasteiger partial charge in [0.1, 0.15) is 6.61 Å². The number of ether oxygens (including phenoxy) is 3. The summed E-state index contributed by atoms with van der Waals surface area (Å²) in [7, 11) is 1.56. The summed E-state index contributed by atoms with van der Waals surface area (Å²) in [5.74, 6) is 1.52. The van der Waals surface area contributed by atoms with Gasteiger partial charge in [0, 0.05) is 19.1 Å². The van der Waals surface area contributed by atoms with Gasteiger partial charge in [-0.3, -0.25) is 0 Å². The predicted octanol–water partition coefficient (Wildman–Crippen LogP) is 1.71. The lowest BCUT2D eigenvalue weighted by molar-refractivity contribution is 0.0963. The Hall–Kier alpha value is -1.95. The highest BCUT2D eigenvalue weighted by atomic mass is 127. The number of nitrogens with zero attached hydrogens (tertiary/aromatic N) is 2. The minimum absolute atomic E-state index is 0. The number of aliphatic imine (C=N–C) groups is 1. The predicted molar refractivity (Wildman–Crippen MR) is 121 cm³/mol. The van der Waals surface area contributed by atoms with Gasteiger partial charge >= 0.3 is 6.09 Å². The van der Waals surface area contributed by atoms with Crippen molar-refractivity contribution in [1.29, 1.82) is 0 Å². The van der Waals surface area contributed by atoms with Crippen molar-refractivity contribution < 1.29 is 24.1 Å².